The molecule has 0 aliphatic rings. The second-order valence-electron chi connectivity index (χ2n) is 11.0. The first-order chi connectivity index (χ1) is 17.7. The molecule has 0 bridgehead atoms. The lowest BCUT2D eigenvalue weighted by Crippen LogP contribution is -2.53. The molecule has 8 heteroatoms. The van der Waals surface area contributed by atoms with Crippen molar-refractivity contribution in [3.8, 4) is 6.07 Å². The molecule has 2 aromatic carbocycles. The maximum absolute atomic E-state index is 14.0. The van der Waals surface area contributed by atoms with Gasteiger partial charge in [-0.3, -0.25) is 9.59 Å². The Morgan fingerprint density at radius 1 is 1.03 bits per heavy atom. The van der Waals surface area contributed by atoms with E-state index in [2.05, 4.69) is 10.6 Å². The summed E-state index contributed by atoms with van der Waals surface area (Å²) in [5.41, 5.74) is 3.05. The first kappa shape index (κ1) is 30.4. The molecule has 0 saturated carbocycles. The van der Waals surface area contributed by atoms with Crippen molar-refractivity contribution in [2.75, 3.05) is 11.9 Å². The van der Waals surface area contributed by atoms with Crippen molar-refractivity contribution in [2.24, 2.45) is 5.92 Å². The summed E-state index contributed by atoms with van der Waals surface area (Å²) in [7, 11) is 0. The summed E-state index contributed by atoms with van der Waals surface area (Å²) in [5, 5.41) is 15.4. The number of benzene rings is 2. The van der Waals surface area contributed by atoms with Gasteiger partial charge in [-0.15, -0.1) is 0 Å². The molecular weight excluding hydrogens is 480 g/mol. The van der Waals surface area contributed by atoms with E-state index in [1.165, 1.54) is 4.90 Å². The number of amides is 3. The van der Waals surface area contributed by atoms with Crippen molar-refractivity contribution < 1.29 is 19.1 Å². The summed E-state index contributed by atoms with van der Waals surface area (Å²) in [6.45, 7) is 14.4. The van der Waals surface area contributed by atoms with Crippen LogP contribution in [0.1, 0.15) is 69.3 Å². The van der Waals surface area contributed by atoms with Crippen LogP contribution in [0.25, 0.3) is 0 Å². The van der Waals surface area contributed by atoms with Gasteiger partial charge in [0.05, 0.1) is 6.07 Å². The van der Waals surface area contributed by atoms with Crippen LogP contribution >= 0.6 is 0 Å². The number of rotatable bonds is 9. The summed E-state index contributed by atoms with van der Waals surface area (Å²) in [5.74, 6) is -0.933. The third-order valence-electron chi connectivity index (χ3n) is 5.91. The van der Waals surface area contributed by atoms with Gasteiger partial charge in [-0.05, 0) is 76.6 Å². The third kappa shape index (κ3) is 8.62. The second kappa shape index (κ2) is 13.1. The highest BCUT2D eigenvalue weighted by molar-refractivity contribution is 5.99. The van der Waals surface area contributed by atoms with Crippen molar-refractivity contribution in [2.45, 2.75) is 79.5 Å². The van der Waals surface area contributed by atoms with Gasteiger partial charge in [-0.2, -0.15) is 5.26 Å². The zero-order valence-corrected chi connectivity index (χ0v) is 23.7. The van der Waals surface area contributed by atoms with Gasteiger partial charge in [-0.25, -0.2) is 4.79 Å². The fraction of sp³-hybridized carbons (Fsp3) is 0.467. The number of alkyl carbamates (subject to hydrolysis) is 1. The highest BCUT2D eigenvalue weighted by Crippen LogP contribution is 2.29. The fourth-order valence-electron chi connectivity index (χ4n) is 4.13. The van der Waals surface area contributed by atoms with E-state index in [0.717, 1.165) is 16.7 Å². The van der Waals surface area contributed by atoms with E-state index in [4.69, 9.17) is 4.74 Å². The van der Waals surface area contributed by atoms with Gasteiger partial charge in [-0.1, -0.05) is 55.8 Å². The van der Waals surface area contributed by atoms with Gasteiger partial charge < -0.3 is 20.3 Å². The predicted molar refractivity (Wildman–Crippen MR) is 148 cm³/mol. The number of nitrogens with zero attached hydrogens (tertiary/aromatic N) is 2. The molecule has 0 heterocycles. The molecule has 0 aromatic heterocycles. The van der Waals surface area contributed by atoms with E-state index in [1.807, 2.05) is 77.1 Å². The van der Waals surface area contributed by atoms with Gasteiger partial charge in [0.1, 0.15) is 24.2 Å². The Morgan fingerprint density at radius 2 is 1.68 bits per heavy atom. The van der Waals surface area contributed by atoms with E-state index < -0.39 is 35.6 Å². The van der Waals surface area contributed by atoms with Crippen molar-refractivity contribution in [1.82, 2.24) is 10.2 Å². The molecule has 2 rings (SSSR count). The SMILES string of the molecule is Cc1ccc(C)c(C(C(=O)Nc2ccccc2C)N(CC#N)C(=O)C(CC(C)C)NC(=O)OC(C)(C)C)c1. The average Bonchev–Trinajstić information content (AvgIpc) is 2.80. The number of nitrogens with one attached hydrogen (secondary N) is 2. The Bertz CT molecular complexity index is 1190. The highest BCUT2D eigenvalue weighted by atomic mass is 16.6. The molecule has 2 aromatic rings. The fourth-order valence-corrected chi connectivity index (χ4v) is 4.13. The number of para-hydroxylation sites is 1. The molecule has 2 unspecified atom stereocenters. The molecule has 2 N–H and O–H groups in total. The minimum Gasteiger partial charge on any atom is -0.444 e. The third-order valence-corrected chi connectivity index (χ3v) is 5.91. The molecule has 0 saturated heterocycles. The maximum Gasteiger partial charge on any atom is 0.408 e. The van der Waals surface area contributed by atoms with E-state index in [-0.39, 0.29) is 12.5 Å². The summed E-state index contributed by atoms with van der Waals surface area (Å²) >= 11 is 0. The lowest BCUT2D eigenvalue weighted by Gasteiger charge is -2.34. The van der Waals surface area contributed by atoms with Crippen LogP contribution in [-0.4, -0.2) is 41.0 Å². The van der Waals surface area contributed by atoms with Crippen LogP contribution in [0.5, 0.6) is 0 Å². The molecule has 0 radical (unpaired) electrons. The van der Waals surface area contributed by atoms with E-state index >= 15 is 0 Å². The average molecular weight is 521 g/mol. The maximum atomic E-state index is 14.0. The van der Waals surface area contributed by atoms with Crippen LogP contribution in [0.4, 0.5) is 10.5 Å². The number of nitriles is 1. The second-order valence-corrected chi connectivity index (χ2v) is 11.0. The number of hydrogen-bond donors (Lipinski definition) is 2. The zero-order valence-electron chi connectivity index (χ0n) is 23.7. The minimum atomic E-state index is -1.10. The van der Waals surface area contributed by atoms with Crippen molar-refractivity contribution in [3.05, 3.63) is 64.7 Å². The first-order valence-corrected chi connectivity index (χ1v) is 12.8. The molecule has 2 atom stereocenters. The van der Waals surface area contributed by atoms with Crippen molar-refractivity contribution >= 4 is 23.6 Å². The highest BCUT2D eigenvalue weighted by Gasteiger charge is 2.37. The number of aryl methyl sites for hydroxylation is 3. The zero-order chi connectivity index (χ0) is 28.6. The van der Waals surface area contributed by atoms with Gasteiger partial charge in [0.2, 0.25) is 5.91 Å². The summed E-state index contributed by atoms with van der Waals surface area (Å²) in [6, 6.07) is 13.0. The Morgan fingerprint density at radius 3 is 2.26 bits per heavy atom. The van der Waals surface area contributed by atoms with Gasteiger partial charge >= 0.3 is 6.09 Å². The predicted octanol–water partition coefficient (Wildman–Crippen LogP) is 5.58. The Kier molecular flexibility index (Phi) is 10.5. The van der Waals surface area contributed by atoms with Crippen LogP contribution in [0.3, 0.4) is 0 Å². The van der Waals surface area contributed by atoms with Gasteiger partial charge in [0, 0.05) is 5.69 Å². The van der Waals surface area contributed by atoms with Crippen LogP contribution in [-0.2, 0) is 14.3 Å². The quantitative estimate of drug-likeness (QED) is 0.419. The largest absolute Gasteiger partial charge is 0.444 e. The molecule has 3 amide bonds. The summed E-state index contributed by atoms with van der Waals surface area (Å²) in [4.78, 5) is 41.8. The number of carbonyl (C=O) groups excluding carboxylic acids is 3. The topological polar surface area (TPSA) is 112 Å². The summed E-state index contributed by atoms with van der Waals surface area (Å²) in [6.07, 6.45) is -0.431. The number of hydrogen-bond acceptors (Lipinski definition) is 5. The number of ether oxygens (including phenoxy) is 1. The van der Waals surface area contributed by atoms with Gasteiger partial charge in [0.25, 0.3) is 5.91 Å². The van der Waals surface area contributed by atoms with Crippen molar-refractivity contribution in [1.29, 1.82) is 5.26 Å². The molecule has 0 aliphatic heterocycles. The smallest absolute Gasteiger partial charge is 0.408 e. The summed E-state index contributed by atoms with van der Waals surface area (Å²) < 4.78 is 5.39. The standard InChI is InChI=1S/C30H40N4O4/c1-19(2)17-25(33-29(37)38-30(6,7)8)28(36)34(16-15-31)26(23-18-20(3)13-14-21(23)4)27(35)32-24-12-10-9-11-22(24)5/h9-14,18-19,25-26H,16-17H2,1-8H3,(H,32,35)(H,33,37). The molecule has 0 spiro atoms. The van der Waals surface area contributed by atoms with E-state index in [0.29, 0.717) is 17.7 Å². The van der Waals surface area contributed by atoms with Gasteiger partial charge in [0.15, 0.2) is 0 Å². The molecule has 0 aliphatic carbocycles. The molecule has 0 fully saturated rings. The Balaban J connectivity index is 2.58. The lowest BCUT2D eigenvalue weighted by atomic mass is 9.95. The number of anilines is 1. The minimum absolute atomic E-state index is 0.0442. The normalized spacial score (nSPS) is 12.7. The first-order valence-electron chi connectivity index (χ1n) is 12.8. The Hall–Kier alpha value is -3.86. The van der Waals surface area contributed by atoms with E-state index in [9.17, 15) is 19.6 Å². The molecule has 204 valence electrons. The Labute approximate surface area is 226 Å². The monoisotopic (exact) mass is 520 g/mol. The molecular formula is C30H40N4O4. The van der Waals surface area contributed by atoms with Crippen LogP contribution in [0, 0.1) is 38.0 Å². The van der Waals surface area contributed by atoms with Crippen molar-refractivity contribution in [3.63, 3.8) is 0 Å². The van der Waals surface area contributed by atoms with E-state index in [1.54, 1.807) is 26.8 Å². The molecule has 38 heavy (non-hydrogen) atoms. The number of carbonyl (C=O) groups is 3. The van der Waals surface area contributed by atoms with Crippen LogP contribution in [0.15, 0.2) is 42.5 Å². The molecule has 8 nitrogen and oxygen atoms in total. The lowest BCUT2D eigenvalue weighted by molar-refractivity contribution is -0.140. The van der Waals surface area contributed by atoms with Crippen LogP contribution in [0.2, 0.25) is 0 Å². The van der Waals surface area contributed by atoms with Crippen LogP contribution < -0.4 is 10.6 Å².